The summed E-state index contributed by atoms with van der Waals surface area (Å²) in [6.45, 7) is 1.57. The summed E-state index contributed by atoms with van der Waals surface area (Å²) in [6, 6.07) is -0.537. The average Bonchev–Trinajstić information content (AvgIpc) is 1.64. The molecule has 1 unspecified atom stereocenters. The number of hydrogen-bond donors (Lipinski definition) is 3. The topological polar surface area (TPSA) is 75.9 Å². The lowest BCUT2D eigenvalue weighted by atomic mass is 10.2. The van der Waals surface area contributed by atoms with Crippen molar-refractivity contribution in [1.82, 2.24) is 0 Å². The van der Waals surface area contributed by atoms with Crippen LogP contribution < -0.4 is 11.5 Å². The average molecular weight is 131 g/mol. The molecule has 0 bridgehead atoms. The monoisotopic (exact) mass is 131 g/mol. The van der Waals surface area contributed by atoms with Crippen molar-refractivity contribution in [1.29, 1.82) is 5.41 Å². The molecule has 0 radical (unpaired) electrons. The van der Waals surface area contributed by atoms with Gasteiger partial charge in [0, 0.05) is 5.71 Å². The first-order chi connectivity index (χ1) is 3.55. The Balaban J connectivity index is 3.83. The summed E-state index contributed by atoms with van der Waals surface area (Å²) in [7, 11) is 0. The van der Waals surface area contributed by atoms with Crippen LogP contribution in [0, 0.1) is 5.41 Å². The zero-order valence-corrected chi connectivity index (χ0v) is 5.46. The summed E-state index contributed by atoms with van der Waals surface area (Å²) in [6.07, 6.45) is 0. The lowest BCUT2D eigenvalue weighted by Gasteiger charge is -2.04. The number of thiocarbonyl (C=S) groups is 1. The molecule has 46 valence electrons. The van der Waals surface area contributed by atoms with E-state index in [0.717, 1.165) is 0 Å². The summed E-state index contributed by atoms with van der Waals surface area (Å²) < 4.78 is 0. The number of nitrogens with one attached hydrogen (secondary N) is 1. The van der Waals surface area contributed by atoms with Gasteiger partial charge >= 0.3 is 0 Å². The fraction of sp³-hybridized carbons (Fsp3) is 0.500. The number of nitrogens with two attached hydrogens (primary N) is 2. The van der Waals surface area contributed by atoms with Crippen LogP contribution >= 0.6 is 12.2 Å². The van der Waals surface area contributed by atoms with Crippen molar-refractivity contribution in [2.24, 2.45) is 11.5 Å². The van der Waals surface area contributed by atoms with Gasteiger partial charge in [0.05, 0.1) is 11.0 Å². The van der Waals surface area contributed by atoms with E-state index in [2.05, 4.69) is 12.2 Å². The van der Waals surface area contributed by atoms with Gasteiger partial charge < -0.3 is 16.9 Å². The maximum atomic E-state index is 6.94. The second-order valence-electron chi connectivity index (χ2n) is 1.56. The normalized spacial score (nSPS) is 12.8. The van der Waals surface area contributed by atoms with Crippen molar-refractivity contribution >= 4 is 22.9 Å². The summed E-state index contributed by atoms with van der Waals surface area (Å²) >= 11 is 4.51. The maximum Gasteiger partial charge on any atom is 0.0956 e. The molecule has 0 aromatic carbocycles. The molecular weight excluding hydrogens is 122 g/mol. The fourth-order valence-electron chi connectivity index (χ4n) is 0.213. The van der Waals surface area contributed by atoms with Gasteiger partial charge in [0.1, 0.15) is 0 Å². The molecular formula is C4H9N3S. The van der Waals surface area contributed by atoms with E-state index in [9.17, 15) is 0 Å². The summed E-state index contributed by atoms with van der Waals surface area (Å²) in [4.78, 5) is 0.178. The fourth-order valence-corrected chi connectivity index (χ4v) is 0.390. The van der Waals surface area contributed by atoms with Gasteiger partial charge in [-0.3, -0.25) is 0 Å². The summed E-state index contributed by atoms with van der Waals surface area (Å²) in [5, 5.41) is 6.94. The Morgan fingerprint density at radius 3 is 2.12 bits per heavy atom. The lowest BCUT2D eigenvalue weighted by Crippen LogP contribution is -2.40. The van der Waals surface area contributed by atoms with E-state index in [1.54, 1.807) is 6.92 Å². The molecule has 0 aromatic heterocycles. The Bertz CT molecular complexity index is 106. The highest BCUT2D eigenvalue weighted by Gasteiger charge is 2.05. The molecule has 8 heavy (non-hydrogen) atoms. The Kier molecular flexibility index (Phi) is 2.57. The van der Waals surface area contributed by atoms with Crippen LogP contribution in [-0.4, -0.2) is 16.7 Å². The Morgan fingerprint density at radius 1 is 1.75 bits per heavy atom. The first-order valence-corrected chi connectivity index (χ1v) is 2.56. The quantitative estimate of drug-likeness (QED) is 0.354. The van der Waals surface area contributed by atoms with Crippen molar-refractivity contribution in [2.45, 2.75) is 13.0 Å². The smallest absolute Gasteiger partial charge is 0.0956 e. The highest BCUT2D eigenvalue weighted by Crippen LogP contribution is 1.79. The Morgan fingerprint density at radius 2 is 2.12 bits per heavy atom. The third kappa shape index (κ3) is 1.99. The molecule has 0 heterocycles. The lowest BCUT2D eigenvalue weighted by molar-refractivity contribution is 1.11. The highest BCUT2D eigenvalue weighted by atomic mass is 32.1. The Hall–Kier alpha value is -0.480. The molecule has 0 aromatic rings. The van der Waals surface area contributed by atoms with Gasteiger partial charge in [-0.2, -0.15) is 0 Å². The zero-order valence-electron chi connectivity index (χ0n) is 4.64. The van der Waals surface area contributed by atoms with Gasteiger partial charge in [0.15, 0.2) is 0 Å². The molecule has 0 aliphatic heterocycles. The third-order valence-electron chi connectivity index (χ3n) is 0.773. The zero-order chi connectivity index (χ0) is 6.73. The van der Waals surface area contributed by atoms with Gasteiger partial charge in [-0.25, -0.2) is 0 Å². The van der Waals surface area contributed by atoms with E-state index in [-0.39, 0.29) is 4.99 Å². The van der Waals surface area contributed by atoms with E-state index < -0.39 is 6.04 Å². The van der Waals surface area contributed by atoms with E-state index in [4.69, 9.17) is 16.9 Å². The van der Waals surface area contributed by atoms with Gasteiger partial charge in [-0.05, 0) is 6.92 Å². The van der Waals surface area contributed by atoms with Crippen molar-refractivity contribution in [3.63, 3.8) is 0 Å². The van der Waals surface area contributed by atoms with Crippen LogP contribution in [0.4, 0.5) is 0 Å². The maximum absolute atomic E-state index is 6.94. The third-order valence-corrected chi connectivity index (χ3v) is 1.03. The minimum atomic E-state index is -0.537. The molecule has 0 spiro atoms. The van der Waals surface area contributed by atoms with Crippen LogP contribution in [0.5, 0.6) is 0 Å². The van der Waals surface area contributed by atoms with Crippen LogP contribution in [0.2, 0.25) is 0 Å². The summed E-state index contributed by atoms with van der Waals surface area (Å²) in [5.41, 5.74) is 10.7. The minimum Gasteiger partial charge on any atom is -0.392 e. The predicted molar refractivity (Wildman–Crippen MR) is 38.2 cm³/mol. The molecule has 0 fully saturated rings. The largest absolute Gasteiger partial charge is 0.392 e. The molecule has 0 rings (SSSR count). The van der Waals surface area contributed by atoms with E-state index in [0.29, 0.717) is 5.71 Å². The predicted octanol–water partition coefficient (Wildman–Crippen LogP) is -0.361. The molecule has 1 atom stereocenters. The molecule has 0 saturated carbocycles. The van der Waals surface area contributed by atoms with E-state index in [1.165, 1.54) is 0 Å². The van der Waals surface area contributed by atoms with Gasteiger partial charge in [-0.1, -0.05) is 12.2 Å². The SMILES string of the molecule is CC(=N)C(N)C(N)=S. The van der Waals surface area contributed by atoms with Crippen LogP contribution in [0.1, 0.15) is 6.92 Å². The van der Waals surface area contributed by atoms with E-state index >= 15 is 0 Å². The van der Waals surface area contributed by atoms with Crippen LogP contribution in [0.15, 0.2) is 0 Å². The van der Waals surface area contributed by atoms with Gasteiger partial charge in [0.25, 0.3) is 0 Å². The van der Waals surface area contributed by atoms with Gasteiger partial charge in [0.2, 0.25) is 0 Å². The van der Waals surface area contributed by atoms with Gasteiger partial charge in [-0.15, -0.1) is 0 Å². The molecule has 0 aliphatic rings. The molecule has 4 heteroatoms. The first kappa shape index (κ1) is 7.52. The first-order valence-electron chi connectivity index (χ1n) is 2.15. The standard InChI is InChI=1S/C4H9N3S/c1-2(5)3(6)4(7)8/h3,5H,6H2,1H3,(H2,7,8). The summed E-state index contributed by atoms with van der Waals surface area (Å²) in [5.74, 6) is 0. The van der Waals surface area contributed by atoms with Crippen molar-refractivity contribution in [3.05, 3.63) is 0 Å². The molecule has 0 aliphatic carbocycles. The number of hydrogen-bond acceptors (Lipinski definition) is 3. The molecule has 0 saturated heterocycles. The van der Waals surface area contributed by atoms with Crippen LogP contribution in [0.25, 0.3) is 0 Å². The molecule has 5 N–H and O–H groups in total. The minimum absolute atomic E-state index is 0.178. The van der Waals surface area contributed by atoms with E-state index in [1.807, 2.05) is 0 Å². The van der Waals surface area contributed by atoms with Crippen LogP contribution in [0.3, 0.4) is 0 Å². The van der Waals surface area contributed by atoms with Crippen molar-refractivity contribution in [3.8, 4) is 0 Å². The second-order valence-corrected chi connectivity index (χ2v) is 2.03. The van der Waals surface area contributed by atoms with Crippen LogP contribution in [-0.2, 0) is 0 Å². The number of rotatable bonds is 2. The Labute approximate surface area is 53.6 Å². The molecule has 3 nitrogen and oxygen atoms in total. The highest BCUT2D eigenvalue weighted by molar-refractivity contribution is 7.80. The van der Waals surface area contributed by atoms with Crippen molar-refractivity contribution in [2.75, 3.05) is 0 Å². The molecule has 0 amide bonds. The second kappa shape index (κ2) is 2.74. The van der Waals surface area contributed by atoms with Crippen molar-refractivity contribution < 1.29 is 0 Å².